The van der Waals surface area contributed by atoms with E-state index in [9.17, 15) is 13.2 Å². The minimum Gasteiger partial charge on any atom is -0.399 e. The third kappa shape index (κ3) is 3.12. The van der Waals surface area contributed by atoms with E-state index in [0.29, 0.717) is 13.1 Å². The molecule has 0 atom stereocenters. The first-order valence-electron chi connectivity index (χ1n) is 6.16. The highest BCUT2D eigenvalue weighted by Gasteiger charge is 2.35. The first-order chi connectivity index (χ1) is 8.91. The molecule has 0 radical (unpaired) electrons. The third-order valence-corrected chi connectivity index (χ3v) is 3.44. The van der Waals surface area contributed by atoms with Crippen LogP contribution in [0.15, 0.2) is 18.2 Å². The molecule has 19 heavy (non-hydrogen) atoms. The minimum atomic E-state index is -4.39. The fourth-order valence-corrected chi connectivity index (χ4v) is 2.39. The van der Waals surface area contributed by atoms with Crippen LogP contribution in [0, 0.1) is 0 Å². The zero-order chi connectivity index (χ0) is 14.0. The van der Waals surface area contributed by atoms with Crippen molar-refractivity contribution in [2.24, 2.45) is 0 Å². The molecule has 2 N–H and O–H groups in total. The van der Waals surface area contributed by atoms with Crippen molar-refractivity contribution in [2.45, 2.75) is 25.1 Å². The Balaban J connectivity index is 2.25. The van der Waals surface area contributed by atoms with Gasteiger partial charge >= 0.3 is 6.18 Å². The van der Waals surface area contributed by atoms with Crippen molar-refractivity contribution in [1.29, 1.82) is 0 Å². The van der Waals surface area contributed by atoms with Gasteiger partial charge in [-0.2, -0.15) is 13.2 Å². The first-order valence-corrected chi connectivity index (χ1v) is 6.16. The zero-order valence-corrected chi connectivity index (χ0v) is 10.7. The summed E-state index contributed by atoms with van der Waals surface area (Å²) in [6.45, 7) is 1.12. The van der Waals surface area contributed by atoms with Gasteiger partial charge in [-0.1, -0.05) is 0 Å². The van der Waals surface area contributed by atoms with Crippen LogP contribution in [-0.2, 0) is 10.9 Å². The van der Waals surface area contributed by atoms with Gasteiger partial charge in [-0.3, -0.25) is 0 Å². The van der Waals surface area contributed by atoms with Crippen LogP contribution in [0.1, 0.15) is 18.4 Å². The molecule has 0 bridgehead atoms. The van der Waals surface area contributed by atoms with E-state index in [-0.39, 0.29) is 17.5 Å². The number of nitrogens with two attached hydrogens (primary N) is 1. The molecular formula is C13H17F3N2O. The number of methoxy groups -OCH3 is 1. The van der Waals surface area contributed by atoms with E-state index in [4.69, 9.17) is 10.5 Å². The summed E-state index contributed by atoms with van der Waals surface area (Å²) in [6, 6.07) is 3.95. The molecule has 0 spiro atoms. The van der Waals surface area contributed by atoms with Crippen molar-refractivity contribution in [3.63, 3.8) is 0 Å². The fraction of sp³-hybridized carbons (Fsp3) is 0.538. The van der Waals surface area contributed by atoms with Crippen LogP contribution in [0.4, 0.5) is 24.5 Å². The van der Waals surface area contributed by atoms with Crippen molar-refractivity contribution in [3.05, 3.63) is 23.8 Å². The number of piperidine rings is 1. The normalized spacial score (nSPS) is 17.8. The van der Waals surface area contributed by atoms with E-state index >= 15 is 0 Å². The molecule has 0 saturated carbocycles. The van der Waals surface area contributed by atoms with Crippen molar-refractivity contribution in [3.8, 4) is 0 Å². The molecule has 6 heteroatoms. The number of hydrogen-bond donors (Lipinski definition) is 1. The number of ether oxygens (including phenoxy) is 1. The number of anilines is 2. The van der Waals surface area contributed by atoms with Crippen LogP contribution >= 0.6 is 0 Å². The Labute approximate surface area is 110 Å². The highest BCUT2D eigenvalue weighted by molar-refractivity contribution is 5.61. The maximum absolute atomic E-state index is 13.0. The summed E-state index contributed by atoms with van der Waals surface area (Å²) in [5, 5.41) is 0. The third-order valence-electron chi connectivity index (χ3n) is 3.44. The number of halogens is 3. The molecule has 1 heterocycles. The van der Waals surface area contributed by atoms with Gasteiger partial charge < -0.3 is 15.4 Å². The van der Waals surface area contributed by atoms with Gasteiger partial charge in [0.2, 0.25) is 0 Å². The summed E-state index contributed by atoms with van der Waals surface area (Å²) in [5.41, 5.74) is 5.13. The number of rotatable bonds is 2. The number of nitrogens with zero attached hydrogens (tertiary/aromatic N) is 1. The smallest absolute Gasteiger partial charge is 0.399 e. The highest BCUT2D eigenvalue weighted by atomic mass is 19.4. The maximum atomic E-state index is 13.0. The molecule has 1 aliphatic heterocycles. The molecule has 106 valence electrons. The lowest BCUT2D eigenvalue weighted by Gasteiger charge is -2.34. The van der Waals surface area contributed by atoms with Crippen LogP contribution in [-0.4, -0.2) is 26.3 Å². The predicted molar refractivity (Wildman–Crippen MR) is 68.1 cm³/mol. The molecule has 1 aromatic rings. The summed E-state index contributed by atoms with van der Waals surface area (Å²) in [6.07, 6.45) is -2.78. The number of benzene rings is 1. The molecule has 1 aromatic carbocycles. The van der Waals surface area contributed by atoms with Crippen molar-refractivity contribution >= 4 is 11.4 Å². The van der Waals surface area contributed by atoms with Crippen LogP contribution in [0.3, 0.4) is 0 Å². The van der Waals surface area contributed by atoms with Crippen LogP contribution in [0.25, 0.3) is 0 Å². The lowest BCUT2D eigenvalue weighted by Crippen LogP contribution is -2.37. The first kappa shape index (κ1) is 14.0. The van der Waals surface area contributed by atoms with Gasteiger partial charge in [0.05, 0.1) is 11.7 Å². The van der Waals surface area contributed by atoms with E-state index < -0.39 is 11.7 Å². The Morgan fingerprint density at radius 2 is 1.89 bits per heavy atom. The average molecular weight is 274 g/mol. The van der Waals surface area contributed by atoms with E-state index in [2.05, 4.69) is 0 Å². The highest BCUT2D eigenvalue weighted by Crippen LogP contribution is 2.38. The monoisotopic (exact) mass is 274 g/mol. The van der Waals surface area contributed by atoms with Gasteiger partial charge in [0.1, 0.15) is 0 Å². The topological polar surface area (TPSA) is 38.5 Å². The second kappa shape index (κ2) is 5.28. The van der Waals surface area contributed by atoms with Crippen LogP contribution < -0.4 is 10.6 Å². The summed E-state index contributed by atoms with van der Waals surface area (Å²) in [5.74, 6) is 0. The Morgan fingerprint density at radius 1 is 1.26 bits per heavy atom. The summed E-state index contributed by atoms with van der Waals surface area (Å²) in [7, 11) is 1.63. The van der Waals surface area contributed by atoms with Gasteiger partial charge in [0.15, 0.2) is 0 Å². The minimum absolute atomic E-state index is 0.128. The molecule has 1 saturated heterocycles. The average Bonchev–Trinajstić information content (AvgIpc) is 2.38. The molecule has 1 aliphatic rings. The fourth-order valence-electron chi connectivity index (χ4n) is 2.39. The molecule has 3 nitrogen and oxygen atoms in total. The lowest BCUT2D eigenvalue weighted by atomic mass is 10.0. The van der Waals surface area contributed by atoms with E-state index in [0.717, 1.165) is 18.9 Å². The van der Waals surface area contributed by atoms with E-state index in [1.165, 1.54) is 12.1 Å². The second-order valence-corrected chi connectivity index (χ2v) is 4.70. The van der Waals surface area contributed by atoms with Gasteiger partial charge in [-0.05, 0) is 31.0 Å². The SMILES string of the molecule is COC1CCN(c2ccc(N)cc2C(F)(F)F)CC1. The molecule has 0 unspecified atom stereocenters. The number of hydrogen-bond acceptors (Lipinski definition) is 3. The summed E-state index contributed by atoms with van der Waals surface area (Å²) in [4.78, 5) is 1.75. The summed E-state index contributed by atoms with van der Waals surface area (Å²) < 4.78 is 44.3. The van der Waals surface area contributed by atoms with Crippen molar-refractivity contribution < 1.29 is 17.9 Å². The predicted octanol–water partition coefficient (Wildman–Crippen LogP) is 2.90. The molecule has 1 fully saturated rings. The van der Waals surface area contributed by atoms with E-state index in [1.54, 1.807) is 12.0 Å². The van der Waals surface area contributed by atoms with Crippen molar-refractivity contribution in [1.82, 2.24) is 0 Å². The Kier molecular flexibility index (Phi) is 3.89. The molecule has 2 rings (SSSR count). The van der Waals surface area contributed by atoms with Crippen molar-refractivity contribution in [2.75, 3.05) is 30.8 Å². The molecular weight excluding hydrogens is 257 g/mol. The largest absolute Gasteiger partial charge is 0.418 e. The van der Waals surface area contributed by atoms with Gasteiger partial charge in [0.25, 0.3) is 0 Å². The lowest BCUT2D eigenvalue weighted by molar-refractivity contribution is -0.137. The van der Waals surface area contributed by atoms with Gasteiger partial charge in [-0.15, -0.1) is 0 Å². The van der Waals surface area contributed by atoms with Crippen LogP contribution in [0.5, 0.6) is 0 Å². The van der Waals surface area contributed by atoms with Crippen LogP contribution in [0.2, 0.25) is 0 Å². The number of nitrogen functional groups attached to an aromatic ring is 1. The molecule has 0 aliphatic carbocycles. The second-order valence-electron chi connectivity index (χ2n) is 4.70. The molecule has 0 aromatic heterocycles. The Morgan fingerprint density at radius 3 is 2.42 bits per heavy atom. The van der Waals surface area contributed by atoms with Gasteiger partial charge in [-0.25, -0.2) is 0 Å². The quantitative estimate of drug-likeness (QED) is 0.843. The zero-order valence-electron chi connectivity index (χ0n) is 10.7. The number of alkyl halides is 3. The van der Waals surface area contributed by atoms with E-state index in [1.807, 2.05) is 0 Å². The van der Waals surface area contributed by atoms with Gasteiger partial charge in [0, 0.05) is 31.6 Å². The summed E-state index contributed by atoms with van der Waals surface area (Å²) >= 11 is 0. The maximum Gasteiger partial charge on any atom is 0.418 e. The Hall–Kier alpha value is -1.43. The molecule has 0 amide bonds. The standard InChI is InChI=1S/C13H17F3N2O/c1-19-10-4-6-18(7-5-10)12-3-2-9(17)8-11(12)13(14,15)16/h2-3,8,10H,4-7,17H2,1H3. The Bertz CT molecular complexity index is 440.